The number of nitrogens with zero attached hydrogens (tertiary/aromatic N) is 3. The maximum atomic E-state index is 14.6. The Hall–Kier alpha value is -4.10. The molecule has 0 spiro atoms. The van der Waals surface area contributed by atoms with Crippen LogP contribution in [0.25, 0.3) is 0 Å². The Labute approximate surface area is 219 Å². The van der Waals surface area contributed by atoms with Gasteiger partial charge in [0, 0.05) is 43.6 Å². The van der Waals surface area contributed by atoms with Gasteiger partial charge >= 0.3 is 5.97 Å². The Morgan fingerprint density at radius 2 is 1.74 bits per heavy atom. The second-order valence-electron chi connectivity index (χ2n) is 8.52. The van der Waals surface area contributed by atoms with Crippen LogP contribution in [0.15, 0.2) is 71.9 Å². The predicted molar refractivity (Wildman–Crippen MR) is 137 cm³/mol. The van der Waals surface area contributed by atoms with E-state index in [1.165, 1.54) is 42.5 Å². The highest BCUT2D eigenvalue weighted by Crippen LogP contribution is 2.25. The first kappa shape index (κ1) is 26.9. The van der Waals surface area contributed by atoms with Crippen molar-refractivity contribution in [1.29, 1.82) is 0 Å². The summed E-state index contributed by atoms with van der Waals surface area (Å²) in [7, 11) is -4.01. The summed E-state index contributed by atoms with van der Waals surface area (Å²) in [6.07, 6.45) is 4.52. The second-order valence-corrected chi connectivity index (χ2v) is 10.2. The number of benzene rings is 2. The van der Waals surface area contributed by atoms with E-state index in [0.717, 1.165) is 12.8 Å². The van der Waals surface area contributed by atoms with Crippen molar-refractivity contribution in [1.82, 2.24) is 20.2 Å². The van der Waals surface area contributed by atoms with Crippen molar-refractivity contribution in [3.05, 3.63) is 78.4 Å². The minimum Gasteiger partial charge on any atom is -0.369 e. The van der Waals surface area contributed by atoms with E-state index in [2.05, 4.69) is 25.4 Å². The van der Waals surface area contributed by atoms with Crippen molar-refractivity contribution in [2.45, 2.75) is 30.2 Å². The molecule has 11 nitrogen and oxygen atoms in total. The van der Waals surface area contributed by atoms with Gasteiger partial charge in [0.2, 0.25) is 5.95 Å². The summed E-state index contributed by atoms with van der Waals surface area (Å²) in [6, 6.07) is 13.4. The van der Waals surface area contributed by atoms with Gasteiger partial charge in [-0.1, -0.05) is 18.2 Å². The van der Waals surface area contributed by atoms with Crippen molar-refractivity contribution >= 4 is 33.5 Å². The largest absolute Gasteiger partial charge is 0.369 e. The van der Waals surface area contributed by atoms with Gasteiger partial charge in [0.1, 0.15) is 5.82 Å². The Bertz CT molecular complexity index is 1350. The Balaban J connectivity index is 1.24. The SMILES string of the molecule is O=C(CCNC(=O)c1ccc(F)c(N2CCC(Nc3ncccn3)CC2)c1)ONS(=O)(=O)c1ccccc1. The maximum Gasteiger partial charge on any atom is 0.327 e. The van der Waals surface area contributed by atoms with Crippen LogP contribution in [-0.4, -0.2) is 55.9 Å². The van der Waals surface area contributed by atoms with E-state index in [0.29, 0.717) is 24.7 Å². The smallest absolute Gasteiger partial charge is 0.327 e. The highest BCUT2D eigenvalue weighted by atomic mass is 32.2. The van der Waals surface area contributed by atoms with E-state index in [1.54, 1.807) is 29.4 Å². The fourth-order valence-electron chi connectivity index (χ4n) is 3.90. The molecule has 0 saturated carbocycles. The van der Waals surface area contributed by atoms with E-state index in [-0.39, 0.29) is 29.5 Å². The average Bonchev–Trinajstić information content (AvgIpc) is 2.94. The summed E-state index contributed by atoms with van der Waals surface area (Å²) in [4.78, 5) is 41.0. The van der Waals surface area contributed by atoms with E-state index in [1.807, 2.05) is 4.90 Å². The topological polar surface area (TPSA) is 143 Å². The Morgan fingerprint density at radius 3 is 2.45 bits per heavy atom. The second kappa shape index (κ2) is 12.4. The Kier molecular flexibility index (Phi) is 8.81. The number of piperidine rings is 1. The number of hydrogen-bond acceptors (Lipinski definition) is 9. The van der Waals surface area contributed by atoms with Gasteiger partial charge in [-0.3, -0.25) is 9.59 Å². The molecular formula is C25H27FN6O5S. The number of hydrogen-bond donors (Lipinski definition) is 3. The molecule has 4 rings (SSSR count). The molecule has 2 aromatic carbocycles. The lowest BCUT2D eigenvalue weighted by atomic mass is 10.0. The number of sulfonamides is 1. The Morgan fingerprint density at radius 1 is 1.03 bits per heavy atom. The average molecular weight is 543 g/mol. The first-order valence-corrected chi connectivity index (χ1v) is 13.4. The quantitative estimate of drug-likeness (QED) is 0.329. The maximum absolute atomic E-state index is 14.6. The zero-order chi connectivity index (χ0) is 27.0. The van der Waals surface area contributed by atoms with Gasteiger partial charge in [-0.25, -0.2) is 22.8 Å². The van der Waals surface area contributed by atoms with Gasteiger partial charge in [0.15, 0.2) is 0 Å². The molecule has 0 bridgehead atoms. The first-order chi connectivity index (χ1) is 18.3. The summed E-state index contributed by atoms with van der Waals surface area (Å²) in [5.41, 5.74) is 0.555. The molecule has 1 aromatic heterocycles. The van der Waals surface area contributed by atoms with Gasteiger partial charge in [-0.05, 0) is 54.1 Å². The van der Waals surface area contributed by atoms with Crippen molar-refractivity contribution in [2.75, 3.05) is 29.9 Å². The molecular weight excluding hydrogens is 515 g/mol. The van der Waals surface area contributed by atoms with Gasteiger partial charge in [0.25, 0.3) is 15.9 Å². The van der Waals surface area contributed by atoms with Gasteiger partial charge < -0.3 is 20.4 Å². The number of aromatic nitrogens is 2. The van der Waals surface area contributed by atoms with Crippen LogP contribution in [0, 0.1) is 5.82 Å². The molecule has 200 valence electrons. The number of nitrogens with one attached hydrogen (secondary N) is 3. The molecule has 13 heteroatoms. The number of anilines is 2. The fraction of sp³-hybridized carbons (Fsp3) is 0.280. The third-order valence-corrected chi connectivity index (χ3v) is 7.07. The highest BCUT2D eigenvalue weighted by molar-refractivity contribution is 7.89. The van der Waals surface area contributed by atoms with Crippen molar-refractivity contribution in [3.63, 3.8) is 0 Å². The summed E-state index contributed by atoms with van der Waals surface area (Å²) < 4.78 is 38.8. The highest BCUT2D eigenvalue weighted by Gasteiger charge is 2.23. The molecule has 0 radical (unpaired) electrons. The zero-order valence-corrected chi connectivity index (χ0v) is 21.2. The summed E-state index contributed by atoms with van der Waals surface area (Å²) in [6.45, 7) is 1.06. The molecule has 0 aliphatic carbocycles. The molecule has 1 fully saturated rings. The molecule has 1 amide bonds. The molecule has 2 heterocycles. The zero-order valence-electron chi connectivity index (χ0n) is 20.3. The summed E-state index contributed by atoms with van der Waals surface area (Å²) >= 11 is 0. The van der Waals surface area contributed by atoms with Crippen LogP contribution < -0.4 is 20.4 Å². The monoisotopic (exact) mass is 542 g/mol. The third kappa shape index (κ3) is 7.23. The molecule has 1 aliphatic heterocycles. The van der Waals surface area contributed by atoms with Crippen molar-refractivity contribution < 1.29 is 27.2 Å². The van der Waals surface area contributed by atoms with E-state index < -0.39 is 27.7 Å². The minimum atomic E-state index is -4.01. The fourth-order valence-corrected chi connectivity index (χ4v) is 4.71. The van der Waals surface area contributed by atoms with Crippen molar-refractivity contribution in [3.8, 4) is 0 Å². The molecule has 38 heavy (non-hydrogen) atoms. The van der Waals surface area contributed by atoms with Crippen LogP contribution in [0.5, 0.6) is 0 Å². The lowest BCUT2D eigenvalue weighted by Gasteiger charge is -2.34. The predicted octanol–water partition coefficient (Wildman–Crippen LogP) is 2.25. The number of rotatable bonds is 10. The molecule has 0 unspecified atom stereocenters. The normalized spacial score (nSPS) is 14.1. The minimum absolute atomic E-state index is 0.0566. The van der Waals surface area contributed by atoms with Crippen LogP contribution in [0.3, 0.4) is 0 Å². The lowest BCUT2D eigenvalue weighted by Crippen LogP contribution is -2.40. The van der Waals surface area contributed by atoms with Gasteiger partial charge in [-0.2, -0.15) is 0 Å². The van der Waals surface area contributed by atoms with Crippen LogP contribution in [0.1, 0.15) is 29.6 Å². The standard InChI is InChI=1S/C25H27FN6O5S/c26-21-8-7-18(17-22(21)32-15-10-19(11-16-32)30-25-28-12-4-13-29-25)24(34)27-14-9-23(33)37-31-38(35,36)20-5-2-1-3-6-20/h1-8,12-13,17,19,31H,9-11,14-16H2,(H,27,34)(H,28,29,30). The summed E-state index contributed by atoms with van der Waals surface area (Å²) in [5.74, 6) is -1.26. The lowest BCUT2D eigenvalue weighted by molar-refractivity contribution is -0.146. The van der Waals surface area contributed by atoms with Crippen LogP contribution >= 0.6 is 0 Å². The summed E-state index contributed by atoms with van der Waals surface area (Å²) in [5, 5.41) is 5.83. The van der Waals surface area contributed by atoms with E-state index in [4.69, 9.17) is 0 Å². The van der Waals surface area contributed by atoms with Gasteiger partial charge in [-0.15, -0.1) is 0 Å². The number of carbonyl (C=O) groups excluding carboxylic acids is 2. The van der Waals surface area contributed by atoms with E-state index in [9.17, 15) is 22.4 Å². The van der Waals surface area contributed by atoms with Crippen LogP contribution in [0.2, 0.25) is 0 Å². The number of halogens is 1. The molecule has 1 saturated heterocycles. The molecule has 3 aromatic rings. The van der Waals surface area contributed by atoms with Crippen LogP contribution in [-0.2, 0) is 19.7 Å². The molecule has 1 aliphatic rings. The number of carbonyl (C=O) groups is 2. The third-order valence-electron chi connectivity index (χ3n) is 5.88. The molecule has 3 N–H and O–H groups in total. The van der Waals surface area contributed by atoms with Crippen molar-refractivity contribution in [2.24, 2.45) is 0 Å². The van der Waals surface area contributed by atoms with Crippen LogP contribution in [0.4, 0.5) is 16.0 Å². The molecule has 0 atom stereocenters. The van der Waals surface area contributed by atoms with Gasteiger partial charge in [0.05, 0.1) is 17.0 Å². The first-order valence-electron chi connectivity index (χ1n) is 11.9. The van der Waals surface area contributed by atoms with E-state index >= 15 is 0 Å². The number of amides is 1.